The van der Waals surface area contributed by atoms with E-state index in [9.17, 15) is 14.0 Å². The summed E-state index contributed by atoms with van der Waals surface area (Å²) in [5.41, 5.74) is 3.83. The number of benzene rings is 2. The molecule has 0 aliphatic carbocycles. The summed E-state index contributed by atoms with van der Waals surface area (Å²) >= 11 is 5.85. The van der Waals surface area contributed by atoms with Gasteiger partial charge in [0.2, 0.25) is 5.91 Å². The molecular formula is C17H15ClFN3O2. The van der Waals surface area contributed by atoms with Gasteiger partial charge in [0.05, 0.1) is 11.2 Å². The van der Waals surface area contributed by atoms with Crippen molar-refractivity contribution in [3.63, 3.8) is 0 Å². The Morgan fingerprint density at radius 2 is 1.92 bits per heavy atom. The molecule has 2 rings (SSSR count). The molecule has 124 valence electrons. The summed E-state index contributed by atoms with van der Waals surface area (Å²) in [7, 11) is 0. The van der Waals surface area contributed by atoms with Gasteiger partial charge >= 0.3 is 0 Å². The summed E-state index contributed by atoms with van der Waals surface area (Å²) in [6.07, 6.45) is 1.71. The maximum absolute atomic E-state index is 12.9. The van der Waals surface area contributed by atoms with Crippen LogP contribution in [0, 0.1) is 5.82 Å². The predicted molar refractivity (Wildman–Crippen MR) is 91.8 cm³/mol. The zero-order chi connectivity index (χ0) is 17.5. The van der Waals surface area contributed by atoms with Crippen LogP contribution in [-0.2, 0) is 4.79 Å². The van der Waals surface area contributed by atoms with Gasteiger partial charge in [-0.15, -0.1) is 0 Å². The standard InChI is InChI=1S/C17H15ClFN3O2/c1-2-16(23)21-14-7-4-11(5-8-14)17(24)22-20-10-12-3-6-13(19)9-15(12)18/h3-10H,2H2,1H3,(H,21,23)(H,22,24)/b20-10+. The zero-order valence-electron chi connectivity index (χ0n) is 12.8. The van der Waals surface area contributed by atoms with Crippen LogP contribution in [0.3, 0.4) is 0 Å². The second-order valence-corrected chi connectivity index (χ2v) is 5.25. The zero-order valence-corrected chi connectivity index (χ0v) is 13.6. The van der Waals surface area contributed by atoms with E-state index in [4.69, 9.17) is 11.6 Å². The van der Waals surface area contributed by atoms with Crippen molar-refractivity contribution < 1.29 is 14.0 Å². The Bertz CT molecular complexity index is 776. The fourth-order valence-corrected chi connectivity index (χ4v) is 2.00. The fraction of sp³-hybridized carbons (Fsp3) is 0.118. The molecule has 2 N–H and O–H groups in total. The second-order valence-electron chi connectivity index (χ2n) is 4.84. The van der Waals surface area contributed by atoms with Gasteiger partial charge in [-0.25, -0.2) is 9.82 Å². The van der Waals surface area contributed by atoms with Crippen LogP contribution >= 0.6 is 11.6 Å². The number of hydrazone groups is 1. The lowest BCUT2D eigenvalue weighted by Gasteiger charge is -2.05. The highest BCUT2D eigenvalue weighted by atomic mass is 35.5. The molecule has 0 atom stereocenters. The van der Waals surface area contributed by atoms with Gasteiger partial charge in [0.1, 0.15) is 5.82 Å². The first-order valence-corrected chi connectivity index (χ1v) is 7.55. The molecule has 0 radical (unpaired) electrons. The molecule has 5 nitrogen and oxygen atoms in total. The molecule has 0 aromatic heterocycles. The lowest BCUT2D eigenvalue weighted by atomic mass is 10.2. The third-order valence-corrected chi connectivity index (χ3v) is 3.41. The highest BCUT2D eigenvalue weighted by molar-refractivity contribution is 6.33. The maximum Gasteiger partial charge on any atom is 0.271 e. The summed E-state index contributed by atoms with van der Waals surface area (Å²) in [5, 5.41) is 6.68. The molecule has 0 saturated heterocycles. The van der Waals surface area contributed by atoms with Gasteiger partial charge in [-0.1, -0.05) is 18.5 Å². The fourth-order valence-electron chi connectivity index (χ4n) is 1.79. The van der Waals surface area contributed by atoms with Crippen molar-refractivity contribution in [2.75, 3.05) is 5.32 Å². The van der Waals surface area contributed by atoms with Crippen LogP contribution in [0.4, 0.5) is 10.1 Å². The summed E-state index contributed by atoms with van der Waals surface area (Å²) in [5.74, 6) is -0.970. The van der Waals surface area contributed by atoms with Crippen molar-refractivity contribution in [1.29, 1.82) is 0 Å². The average molecular weight is 348 g/mol. The third-order valence-electron chi connectivity index (χ3n) is 3.08. The molecule has 0 bridgehead atoms. The van der Waals surface area contributed by atoms with E-state index in [0.717, 1.165) is 6.07 Å². The summed E-state index contributed by atoms with van der Waals surface area (Å²) in [6, 6.07) is 10.3. The minimum Gasteiger partial charge on any atom is -0.326 e. The Kier molecular flexibility index (Phi) is 6.03. The van der Waals surface area contributed by atoms with E-state index in [0.29, 0.717) is 23.2 Å². The van der Waals surface area contributed by atoms with Crippen LogP contribution in [0.2, 0.25) is 5.02 Å². The summed E-state index contributed by atoms with van der Waals surface area (Å²) < 4.78 is 12.9. The number of nitrogens with zero attached hydrogens (tertiary/aromatic N) is 1. The number of hydrogen-bond donors (Lipinski definition) is 2. The van der Waals surface area contributed by atoms with E-state index in [2.05, 4.69) is 15.8 Å². The Morgan fingerprint density at radius 1 is 1.21 bits per heavy atom. The topological polar surface area (TPSA) is 70.6 Å². The van der Waals surface area contributed by atoms with Gasteiger partial charge in [-0.3, -0.25) is 9.59 Å². The van der Waals surface area contributed by atoms with E-state index in [1.54, 1.807) is 31.2 Å². The number of carbonyl (C=O) groups is 2. The van der Waals surface area contributed by atoms with Gasteiger partial charge in [0.15, 0.2) is 0 Å². The van der Waals surface area contributed by atoms with Crippen molar-refractivity contribution in [2.45, 2.75) is 13.3 Å². The Morgan fingerprint density at radius 3 is 2.54 bits per heavy atom. The van der Waals surface area contributed by atoms with E-state index >= 15 is 0 Å². The molecular weight excluding hydrogens is 333 g/mol. The van der Waals surface area contributed by atoms with E-state index < -0.39 is 11.7 Å². The molecule has 0 spiro atoms. The van der Waals surface area contributed by atoms with Crippen molar-refractivity contribution in [3.8, 4) is 0 Å². The van der Waals surface area contributed by atoms with Gasteiger partial charge in [-0.2, -0.15) is 5.10 Å². The molecule has 0 aliphatic heterocycles. The number of nitrogens with one attached hydrogen (secondary N) is 2. The van der Waals surface area contributed by atoms with Crippen LogP contribution in [0.25, 0.3) is 0 Å². The molecule has 0 fully saturated rings. The van der Waals surface area contributed by atoms with Gasteiger partial charge in [0, 0.05) is 23.2 Å². The van der Waals surface area contributed by atoms with Crippen molar-refractivity contribution >= 4 is 35.3 Å². The minimum absolute atomic E-state index is 0.104. The Balaban J connectivity index is 1.97. The van der Waals surface area contributed by atoms with E-state index in [-0.39, 0.29) is 10.9 Å². The average Bonchev–Trinajstić information content (AvgIpc) is 2.57. The smallest absolute Gasteiger partial charge is 0.271 e. The van der Waals surface area contributed by atoms with Crippen molar-refractivity contribution in [3.05, 3.63) is 64.4 Å². The van der Waals surface area contributed by atoms with Crippen LogP contribution in [0.1, 0.15) is 29.3 Å². The van der Waals surface area contributed by atoms with E-state index in [1.807, 2.05) is 0 Å². The quantitative estimate of drug-likeness (QED) is 0.641. The van der Waals surface area contributed by atoms with Crippen molar-refractivity contribution in [1.82, 2.24) is 5.43 Å². The normalized spacial score (nSPS) is 10.6. The van der Waals surface area contributed by atoms with Crippen LogP contribution < -0.4 is 10.7 Å². The number of amides is 2. The molecule has 0 saturated carbocycles. The lowest BCUT2D eigenvalue weighted by molar-refractivity contribution is -0.115. The number of rotatable bonds is 5. The minimum atomic E-state index is -0.448. The van der Waals surface area contributed by atoms with E-state index in [1.165, 1.54) is 18.3 Å². The first-order chi connectivity index (χ1) is 11.5. The third kappa shape index (κ3) is 4.89. The molecule has 24 heavy (non-hydrogen) atoms. The van der Waals surface area contributed by atoms with Crippen LogP contribution in [0.15, 0.2) is 47.6 Å². The monoisotopic (exact) mass is 347 g/mol. The molecule has 7 heteroatoms. The first-order valence-electron chi connectivity index (χ1n) is 7.18. The van der Waals surface area contributed by atoms with Gasteiger partial charge in [-0.05, 0) is 42.5 Å². The summed E-state index contributed by atoms with van der Waals surface area (Å²) in [4.78, 5) is 23.2. The van der Waals surface area contributed by atoms with Crippen LogP contribution in [-0.4, -0.2) is 18.0 Å². The number of hydrogen-bond acceptors (Lipinski definition) is 3. The maximum atomic E-state index is 12.9. The lowest BCUT2D eigenvalue weighted by Crippen LogP contribution is -2.17. The SMILES string of the molecule is CCC(=O)Nc1ccc(C(=O)N/N=C/c2ccc(F)cc2Cl)cc1. The second kappa shape index (κ2) is 8.21. The predicted octanol–water partition coefficient (Wildman–Crippen LogP) is 3.59. The Hall–Kier alpha value is -2.73. The van der Waals surface area contributed by atoms with Gasteiger partial charge in [0.25, 0.3) is 5.91 Å². The van der Waals surface area contributed by atoms with Crippen LogP contribution in [0.5, 0.6) is 0 Å². The highest BCUT2D eigenvalue weighted by Gasteiger charge is 2.05. The highest BCUT2D eigenvalue weighted by Crippen LogP contribution is 2.15. The number of anilines is 1. The van der Waals surface area contributed by atoms with Crippen molar-refractivity contribution in [2.24, 2.45) is 5.10 Å². The summed E-state index contributed by atoms with van der Waals surface area (Å²) in [6.45, 7) is 1.75. The molecule has 2 aromatic carbocycles. The molecule has 2 amide bonds. The molecule has 2 aromatic rings. The Labute approximate surface area is 143 Å². The van der Waals surface area contributed by atoms with Gasteiger partial charge < -0.3 is 5.32 Å². The molecule has 0 unspecified atom stereocenters. The number of carbonyl (C=O) groups excluding carboxylic acids is 2. The first kappa shape index (κ1) is 17.6. The molecule has 0 aliphatic rings. The molecule has 0 heterocycles. The number of halogens is 2. The largest absolute Gasteiger partial charge is 0.326 e.